The molecule has 4 aromatic carbocycles. The number of aliphatic hydroxyl groups is 2. The molecule has 1 saturated heterocycles. The number of hydrogen-bond acceptors (Lipinski definition) is 16. The predicted octanol–water partition coefficient (Wildman–Crippen LogP) is 6.50. The van der Waals surface area contributed by atoms with Crippen LogP contribution in [0.15, 0.2) is 103 Å². The third-order valence-corrected chi connectivity index (χ3v) is 14.0. The molecular weight excluding hydrogens is 1090 g/mol. The Bertz CT molecular complexity index is 3220. The van der Waals surface area contributed by atoms with E-state index in [-0.39, 0.29) is 55.2 Å². The Morgan fingerprint density at radius 2 is 1.48 bits per heavy atom. The smallest absolute Gasteiger partial charge is 0.305 e. The number of para-hydroxylation sites is 1. The largest absolute Gasteiger partial charge is 0.494 e. The zero-order chi connectivity index (χ0) is 59.5. The zero-order valence-corrected chi connectivity index (χ0v) is 47.0. The van der Waals surface area contributed by atoms with Gasteiger partial charge in [-0.05, 0) is 110 Å². The molecular formula is C61H71FN8O14. The van der Waals surface area contributed by atoms with E-state index in [4.69, 9.17) is 23.7 Å². The summed E-state index contributed by atoms with van der Waals surface area (Å²) in [4.78, 5) is 77.2. The molecule has 3 atom stereocenters. The first-order chi connectivity index (χ1) is 40.7. The Balaban J connectivity index is 0.753. The number of carboxylic acid groups (broad SMARTS) is 1. The Hall–Kier alpha value is -8.19. The van der Waals surface area contributed by atoms with Crippen LogP contribution < -0.4 is 20.7 Å². The molecule has 0 radical (unpaired) electrons. The number of nitrogens with one attached hydrogen (secondary N) is 3. The summed E-state index contributed by atoms with van der Waals surface area (Å²) < 4.78 is 47.1. The second-order valence-electron chi connectivity index (χ2n) is 20.6. The molecule has 2 aromatic heterocycles. The van der Waals surface area contributed by atoms with Crippen LogP contribution in [0.3, 0.4) is 0 Å². The van der Waals surface area contributed by atoms with Crippen LogP contribution in [0, 0.1) is 5.82 Å². The first-order valence-electron chi connectivity index (χ1n) is 28.1. The molecule has 6 N–H and O–H groups in total. The normalized spacial score (nSPS) is 14.9. The summed E-state index contributed by atoms with van der Waals surface area (Å²) in [6.07, 6.45) is 0.354. The number of ether oxygens (including phenoxy) is 5. The van der Waals surface area contributed by atoms with Gasteiger partial charge in [0, 0.05) is 48.3 Å². The summed E-state index contributed by atoms with van der Waals surface area (Å²) >= 11 is 0. The highest BCUT2D eigenvalue weighted by molar-refractivity contribution is 6.25. The Morgan fingerprint density at radius 1 is 0.774 bits per heavy atom. The van der Waals surface area contributed by atoms with Gasteiger partial charge in [-0.15, -0.1) is 5.10 Å². The number of aliphatic carboxylic acids is 1. The molecule has 2 aliphatic rings. The lowest BCUT2D eigenvalue weighted by atomic mass is 9.94. The molecule has 1 fully saturated rings. The fourth-order valence-electron chi connectivity index (χ4n) is 10.2. The van der Waals surface area contributed by atoms with Gasteiger partial charge < -0.3 is 54.2 Å². The van der Waals surface area contributed by atoms with Gasteiger partial charge in [0.1, 0.15) is 17.6 Å². The van der Waals surface area contributed by atoms with E-state index in [0.717, 1.165) is 10.6 Å². The van der Waals surface area contributed by atoms with Crippen molar-refractivity contribution in [3.8, 4) is 28.1 Å². The lowest BCUT2D eigenvalue weighted by Gasteiger charge is -2.27. The maximum absolute atomic E-state index is 14.7. The number of benzene rings is 4. The number of halogens is 1. The van der Waals surface area contributed by atoms with Gasteiger partial charge in [0.15, 0.2) is 0 Å². The average Bonchev–Trinajstić information content (AvgIpc) is 2.15. The van der Waals surface area contributed by atoms with E-state index in [2.05, 4.69) is 26.3 Å². The third-order valence-electron chi connectivity index (χ3n) is 14.0. The minimum absolute atomic E-state index is 0.0440. The predicted molar refractivity (Wildman–Crippen MR) is 306 cm³/mol. The van der Waals surface area contributed by atoms with E-state index in [1.165, 1.54) is 12.1 Å². The fraction of sp³-hybridized carbons (Fsp3) is 0.410. The lowest BCUT2D eigenvalue weighted by Crippen LogP contribution is -2.54. The second kappa shape index (κ2) is 30.4. The van der Waals surface area contributed by atoms with Crippen molar-refractivity contribution < 1.29 is 72.2 Å². The highest BCUT2D eigenvalue weighted by Gasteiger charge is 2.45. The minimum Gasteiger partial charge on any atom is -0.494 e. The van der Waals surface area contributed by atoms with Gasteiger partial charge in [-0.1, -0.05) is 55.5 Å². The van der Waals surface area contributed by atoms with Gasteiger partial charge >= 0.3 is 5.97 Å². The molecule has 0 saturated carbocycles. The molecule has 8 rings (SSSR count). The molecule has 2 aliphatic heterocycles. The monoisotopic (exact) mass is 1160 g/mol. The number of aliphatic hydroxyl groups excluding tert-OH is 2. The maximum atomic E-state index is 14.7. The van der Waals surface area contributed by atoms with Crippen molar-refractivity contribution in [1.82, 2.24) is 29.8 Å². The van der Waals surface area contributed by atoms with E-state index < -0.39 is 60.1 Å². The zero-order valence-electron chi connectivity index (χ0n) is 47.0. The van der Waals surface area contributed by atoms with Gasteiger partial charge in [-0.2, -0.15) is 0 Å². The number of hydrogen-bond donors (Lipinski definition) is 6. The summed E-state index contributed by atoms with van der Waals surface area (Å²) in [6, 6.07) is 26.3. The van der Waals surface area contributed by atoms with Crippen molar-refractivity contribution in [2.45, 2.75) is 96.1 Å². The molecule has 0 bridgehead atoms. The lowest BCUT2D eigenvalue weighted by molar-refractivity contribution is -0.140. The molecule has 4 heterocycles. The maximum Gasteiger partial charge on any atom is 0.305 e. The Kier molecular flexibility index (Phi) is 22.4. The van der Waals surface area contributed by atoms with E-state index in [0.29, 0.717) is 136 Å². The molecule has 446 valence electrons. The molecule has 6 aromatic rings. The van der Waals surface area contributed by atoms with Crippen LogP contribution >= 0.6 is 0 Å². The fourth-order valence-corrected chi connectivity index (χ4v) is 10.2. The quantitative estimate of drug-likeness (QED) is 0.0186. The molecule has 23 heteroatoms. The summed E-state index contributed by atoms with van der Waals surface area (Å²) in [6.45, 7) is 8.17. The SMILES string of the molecule is CC(C)c1c(C(=O)Nc2ccccc2)c(-c2cccc(OCCCc3cn(CCOCCOCCOCCOCCNc4cccc5c4C(=O)N(C4CCC(=O)NC4=O)C5=O)nn3)c2)c(-c2ccc(F)cc2)n1CC[C@@H](O)C[C@@H](O)CC(=O)O. The Morgan fingerprint density at radius 3 is 2.18 bits per heavy atom. The first-order valence-corrected chi connectivity index (χ1v) is 28.1. The number of rotatable bonds is 34. The number of piperidine rings is 1. The molecule has 0 spiro atoms. The number of carbonyl (C=O) groups excluding carboxylic acids is 5. The summed E-state index contributed by atoms with van der Waals surface area (Å²) in [5, 5.41) is 47.5. The van der Waals surface area contributed by atoms with Crippen LogP contribution in [0.4, 0.5) is 15.8 Å². The van der Waals surface area contributed by atoms with Crippen LogP contribution in [0.5, 0.6) is 5.75 Å². The highest BCUT2D eigenvalue weighted by Crippen LogP contribution is 2.44. The number of anilines is 2. The number of fused-ring (bicyclic) bond motifs is 1. The molecule has 1 unspecified atom stereocenters. The van der Waals surface area contributed by atoms with E-state index in [1.807, 2.05) is 67.1 Å². The molecule has 0 aliphatic carbocycles. The topological polar surface area (TPSA) is 284 Å². The highest BCUT2D eigenvalue weighted by atomic mass is 19.1. The minimum atomic E-state index is -1.25. The number of carboxylic acids is 1. The number of amides is 5. The van der Waals surface area contributed by atoms with Gasteiger partial charge in [0.25, 0.3) is 17.7 Å². The number of aryl methyl sites for hydroxylation is 1. The summed E-state index contributed by atoms with van der Waals surface area (Å²) in [7, 11) is 0. The number of carbonyl (C=O) groups is 6. The van der Waals surface area contributed by atoms with E-state index >= 15 is 0 Å². The van der Waals surface area contributed by atoms with Gasteiger partial charge in [-0.3, -0.25) is 39.0 Å². The van der Waals surface area contributed by atoms with Gasteiger partial charge in [-0.25, -0.2) is 9.07 Å². The van der Waals surface area contributed by atoms with Crippen molar-refractivity contribution >= 4 is 46.9 Å². The van der Waals surface area contributed by atoms with Crippen molar-refractivity contribution in [2.75, 3.05) is 76.6 Å². The van der Waals surface area contributed by atoms with Crippen LogP contribution in [0.1, 0.15) is 101 Å². The molecule has 22 nitrogen and oxygen atoms in total. The number of aromatic nitrogens is 4. The number of imide groups is 2. The van der Waals surface area contributed by atoms with Gasteiger partial charge in [0.05, 0.1) is 113 Å². The standard InChI is InChI=1S/C61H71FN8O14/c1-39(2)56-55(59(77)64-43-10-4-3-5-11-43)53(57(40-16-18-42(62)19-17-40)69(56)24-22-45(71)36-46(72)37-52(74)75)41-9-6-13-47(35-41)84-26-8-12-44-38-68(67-66-44)25-28-81-30-32-83-34-33-82-31-29-80-27-23-63-49-15-7-14-48-54(49)61(79)70(60(48)78)50-20-21-51(73)65-58(50)76/h3-7,9-11,13-19,35,38-39,45-46,50,63,71-72H,8,12,20-34,36-37H2,1-2H3,(H,64,77)(H,74,75)(H,65,73,76)/t45-,46-,50?/m1/s1. The molecule has 84 heavy (non-hydrogen) atoms. The van der Waals surface area contributed by atoms with Crippen LogP contribution in [0.25, 0.3) is 22.4 Å². The number of nitrogens with zero attached hydrogens (tertiary/aromatic N) is 5. The van der Waals surface area contributed by atoms with Crippen LogP contribution in [-0.2, 0) is 52.8 Å². The van der Waals surface area contributed by atoms with E-state index in [9.17, 15) is 48.5 Å². The third kappa shape index (κ3) is 16.5. The first kappa shape index (κ1) is 61.9. The van der Waals surface area contributed by atoms with Crippen molar-refractivity contribution in [2.24, 2.45) is 0 Å². The average molecular weight is 1160 g/mol. The molecule has 5 amide bonds. The van der Waals surface area contributed by atoms with E-state index in [1.54, 1.807) is 47.1 Å². The van der Waals surface area contributed by atoms with Gasteiger partial charge in [0.2, 0.25) is 11.8 Å². The Labute approximate surface area is 485 Å². The van der Waals surface area contributed by atoms with Crippen molar-refractivity contribution in [3.05, 3.63) is 137 Å². The van der Waals surface area contributed by atoms with Crippen LogP contribution in [0.2, 0.25) is 0 Å². The van der Waals surface area contributed by atoms with Crippen molar-refractivity contribution in [3.63, 3.8) is 0 Å². The second-order valence-corrected chi connectivity index (χ2v) is 20.6. The summed E-state index contributed by atoms with van der Waals surface area (Å²) in [5.41, 5.74) is 5.73. The van der Waals surface area contributed by atoms with Crippen LogP contribution in [-0.4, -0.2) is 160 Å². The van der Waals surface area contributed by atoms with Crippen molar-refractivity contribution in [1.29, 1.82) is 0 Å². The summed E-state index contributed by atoms with van der Waals surface area (Å²) in [5.74, 6) is -3.91.